The molecule has 1 N–H and O–H groups in total. The van der Waals surface area contributed by atoms with Crippen molar-refractivity contribution in [3.63, 3.8) is 0 Å². The summed E-state index contributed by atoms with van der Waals surface area (Å²) in [5, 5.41) is 2.24. The molecule has 1 unspecified atom stereocenters. The van der Waals surface area contributed by atoms with Crippen LogP contribution >= 0.6 is 0 Å². The minimum atomic E-state index is -0.723. The second-order valence-electron chi connectivity index (χ2n) is 7.43. The molecular formula is C26H22N2O4. The highest BCUT2D eigenvalue weighted by Gasteiger charge is 2.35. The molecule has 1 atom stereocenters. The highest BCUT2D eigenvalue weighted by molar-refractivity contribution is 6.30. The van der Waals surface area contributed by atoms with Crippen LogP contribution < -0.4 is 10.1 Å². The molecule has 1 saturated heterocycles. The van der Waals surface area contributed by atoms with E-state index >= 15 is 0 Å². The van der Waals surface area contributed by atoms with Crippen LogP contribution in [0, 0.1) is 0 Å². The normalized spacial score (nSPS) is 16.1. The zero-order valence-corrected chi connectivity index (χ0v) is 17.5. The fourth-order valence-electron chi connectivity index (χ4n) is 3.41. The summed E-state index contributed by atoms with van der Waals surface area (Å²) in [6.07, 6.45) is 1.36. The number of carbonyl (C=O) groups is 3. The number of imide groups is 2. The number of hydrogen-bond donors (Lipinski definition) is 1. The Kier molecular flexibility index (Phi) is 6.12. The molecule has 1 aliphatic rings. The van der Waals surface area contributed by atoms with Crippen LogP contribution in [0.5, 0.6) is 5.75 Å². The smallest absolute Gasteiger partial charge is 0.331 e. The van der Waals surface area contributed by atoms with E-state index < -0.39 is 17.8 Å². The number of benzene rings is 3. The molecule has 1 heterocycles. The van der Waals surface area contributed by atoms with Crippen molar-refractivity contribution in [3.05, 3.63) is 107 Å². The summed E-state index contributed by atoms with van der Waals surface area (Å²) in [6, 6.07) is 25.4. The number of barbiturate groups is 1. The predicted molar refractivity (Wildman–Crippen MR) is 120 cm³/mol. The van der Waals surface area contributed by atoms with E-state index in [1.807, 2.05) is 67.6 Å². The van der Waals surface area contributed by atoms with Crippen molar-refractivity contribution < 1.29 is 19.1 Å². The molecule has 0 spiro atoms. The zero-order chi connectivity index (χ0) is 22.5. The standard InChI is InChI=1S/C26H22N2O4/c1-18(21-10-6-3-7-11-21)32-22-14-12-19(13-15-22)16-23-24(29)27-26(31)28(25(23)30)17-20-8-4-2-5-9-20/h2-16,18H,17H2,1H3,(H,27,29,31)/b23-16+. The van der Waals surface area contributed by atoms with Crippen molar-refractivity contribution in [1.82, 2.24) is 10.2 Å². The van der Waals surface area contributed by atoms with Crippen molar-refractivity contribution in [2.45, 2.75) is 19.6 Å². The van der Waals surface area contributed by atoms with Gasteiger partial charge in [-0.1, -0.05) is 72.8 Å². The molecule has 4 rings (SSSR count). The van der Waals surface area contributed by atoms with E-state index in [0.717, 1.165) is 16.0 Å². The second kappa shape index (κ2) is 9.31. The maximum atomic E-state index is 12.9. The molecule has 4 amide bonds. The number of nitrogens with zero attached hydrogens (tertiary/aromatic N) is 1. The van der Waals surface area contributed by atoms with Crippen LogP contribution in [0.1, 0.15) is 29.7 Å². The fraction of sp³-hybridized carbons (Fsp3) is 0.115. The van der Waals surface area contributed by atoms with Gasteiger partial charge in [0.1, 0.15) is 17.4 Å². The Hall–Kier alpha value is -4.19. The van der Waals surface area contributed by atoms with Gasteiger partial charge in [0.25, 0.3) is 11.8 Å². The van der Waals surface area contributed by atoms with E-state index in [-0.39, 0.29) is 18.2 Å². The van der Waals surface area contributed by atoms with Gasteiger partial charge >= 0.3 is 6.03 Å². The Balaban J connectivity index is 1.49. The van der Waals surface area contributed by atoms with Gasteiger partial charge in [-0.15, -0.1) is 0 Å². The van der Waals surface area contributed by atoms with Crippen LogP contribution in [0.2, 0.25) is 0 Å². The van der Waals surface area contributed by atoms with Crippen LogP contribution in [-0.4, -0.2) is 22.7 Å². The molecule has 3 aromatic rings. The number of carbonyl (C=O) groups excluding carboxylic acids is 3. The summed E-state index contributed by atoms with van der Waals surface area (Å²) in [5.41, 5.74) is 2.41. The fourth-order valence-corrected chi connectivity index (χ4v) is 3.41. The van der Waals surface area contributed by atoms with Gasteiger partial charge in [0.2, 0.25) is 0 Å². The first-order chi connectivity index (χ1) is 15.5. The zero-order valence-electron chi connectivity index (χ0n) is 17.5. The van der Waals surface area contributed by atoms with E-state index in [2.05, 4.69) is 5.32 Å². The summed E-state index contributed by atoms with van der Waals surface area (Å²) in [7, 11) is 0. The summed E-state index contributed by atoms with van der Waals surface area (Å²) >= 11 is 0. The van der Waals surface area contributed by atoms with Crippen LogP contribution in [0.15, 0.2) is 90.5 Å². The molecule has 0 aromatic heterocycles. The summed E-state index contributed by atoms with van der Waals surface area (Å²) in [5.74, 6) is -0.660. The monoisotopic (exact) mass is 426 g/mol. The molecule has 0 radical (unpaired) electrons. The van der Waals surface area contributed by atoms with Crippen LogP contribution in [-0.2, 0) is 16.1 Å². The lowest BCUT2D eigenvalue weighted by Gasteiger charge is -2.26. The number of nitrogens with one attached hydrogen (secondary N) is 1. The maximum Gasteiger partial charge on any atom is 0.331 e. The Bertz CT molecular complexity index is 1160. The van der Waals surface area contributed by atoms with Crippen molar-refractivity contribution in [2.24, 2.45) is 0 Å². The van der Waals surface area contributed by atoms with Gasteiger partial charge in [-0.2, -0.15) is 0 Å². The Morgan fingerprint density at radius 2 is 1.50 bits per heavy atom. The molecule has 1 aliphatic heterocycles. The third-order valence-corrected chi connectivity index (χ3v) is 5.14. The summed E-state index contributed by atoms with van der Waals surface area (Å²) < 4.78 is 5.97. The lowest BCUT2D eigenvalue weighted by atomic mass is 10.1. The third-order valence-electron chi connectivity index (χ3n) is 5.14. The lowest BCUT2D eigenvalue weighted by molar-refractivity contribution is -0.130. The van der Waals surface area contributed by atoms with E-state index in [0.29, 0.717) is 11.3 Å². The van der Waals surface area contributed by atoms with Crippen LogP contribution in [0.25, 0.3) is 6.08 Å². The summed E-state index contributed by atoms with van der Waals surface area (Å²) in [4.78, 5) is 38.4. The average molecular weight is 426 g/mol. The van der Waals surface area contributed by atoms with Gasteiger partial charge in [0.15, 0.2) is 0 Å². The minimum Gasteiger partial charge on any atom is -0.486 e. The molecule has 6 nitrogen and oxygen atoms in total. The molecule has 1 fully saturated rings. The molecule has 32 heavy (non-hydrogen) atoms. The van der Waals surface area contributed by atoms with Crippen molar-refractivity contribution in [1.29, 1.82) is 0 Å². The second-order valence-corrected chi connectivity index (χ2v) is 7.43. The highest BCUT2D eigenvalue weighted by Crippen LogP contribution is 2.23. The van der Waals surface area contributed by atoms with Gasteiger partial charge in [-0.05, 0) is 41.8 Å². The number of ether oxygens (including phenoxy) is 1. The molecular weight excluding hydrogens is 404 g/mol. The first-order valence-corrected chi connectivity index (χ1v) is 10.3. The minimum absolute atomic E-state index is 0.0836. The van der Waals surface area contributed by atoms with Crippen molar-refractivity contribution in [2.75, 3.05) is 0 Å². The topological polar surface area (TPSA) is 75.7 Å². The maximum absolute atomic E-state index is 12.9. The van der Waals surface area contributed by atoms with E-state index in [1.54, 1.807) is 24.3 Å². The first kappa shape index (κ1) is 21.1. The molecule has 0 aliphatic carbocycles. The van der Waals surface area contributed by atoms with Gasteiger partial charge in [-0.25, -0.2) is 4.79 Å². The van der Waals surface area contributed by atoms with E-state index in [4.69, 9.17) is 4.74 Å². The van der Waals surface area contributed by atoms with E-state index in [9.17, 15) is 14.4 Å². The number of amides is 4. The average Bonchev–Trinajstić information content (AvgIpc) is 2.82. The number of hydrogen-bond acceptors (Lipinski definition) is 4. The van der Waals surface area contributed by atoms with Gasteiger partial charge in [-0.3, -0.25) is 19.8 Å². The van der Waals surface area contributed by atoms with Gasteiger partial charge < -0.3 is 4.74 Å². The molecule has 0 bridgehead atoms. The predicted octanol–water partition coefficient (Wildman–Crippen LogP) is 4.49. The van der Waals surface area contributed by atoms with Gasteiger partial charge in [0, 0.05) is 0 Å². The first-order valence-electron chi connectivity index (χ1n) is 10.3. The number of rotatable bonds is 6. The van der Waals surface area contributed by atoms with E-state index in [1.165, 1.54) is 6.08 Å². The number of urea groups is 1. The van der Waals surface area contributed by atoms with Crippen molar-refractivity contribution in [3.8, 4) is 5.75 Å². The Labute approximate surface area is 186 Å². The Morgan fingerprint density at radius 1 is 0.875 bits per heavy atom. The van der Waals surface area contributed by atoms with Crippen LogP contribution in [0.4, 0.5) is 4.79 Å². The van der Waals surface area contributed by atoms with Crippen LogP contribution in [0.3, 0.4) is 0 Å². The Morgan fingerprint density at radius 3 is 2.16 bits per heavy atom. The molecule has 6 heteroatoms. The molecule has 160 valence electrons. The van der Waals surface area contributed by atoms with Gasteiger partial charge in [0.05, 0.1) is 6.54 Å². The lowest BCUT2D eigenvalue weighted by Crippen LogP contribution is -2.53. The van der Waals surface area contributed by atoms with Crippen molar-refractivity contribution >= 4 is 23.9 Å². The highest BCUT2D eigenvalue weighted by atomic mass is 16.5. The summed E-state index contributed by atoms with van der Waals surface area (Å²) in [6.45, 7) is 2.05. The third kappa shape index (κ3) is 4.75. The largest absolute Gasteiger partial charge is 0.486 e. The SMILES string of the molecule is CC(Oc1ccc(/C=C2\C(=O)NC(=O)N(Cc3ccccc3)C2=O)cc1)c1ccccc1. The molecule has 3 aromatic carbocycles. The quantitative estimate of drug-likeness (QED) is 0.466. The molecule has 0 saturated carbocycles.